The van der Waals surface area contributed by atoms with E-state index in [4.69, 9.17) is 4.74 Å². The van der Waals surface area contributed by atoms with Gasteiger partial charge in [-0.3, -0.25) is 9.48 Å². The van der Waals surface area contributed by atoms with Crippen molar-refractivity contribution in [3.8, 4) is 0 Å². The van der Waals surface area contributed by atoms with Gasteiger partial charge in [0.2, 0.25) is 5.91 Å². The Morgan fingerprint density at radius 2 is 2.00 bits per heavy atom. The number of nitrogens with zero attached hydrogens (tertiary/aromatic N) is 3. The number of hydrogen-bond donors (Lipinski definition) is 1. The van der Waals surface area contributed by atoms with Crippen LogP contribution in [-0.4, -0.2) is 59.0 Å². The Morgan fingerprint density at radius 1 is 1.30 bits per heavy atom. The lowest BCUT2D eigenvalue weighted by Gasteiger charge is -2.31. The average Bonchev–Trinajstić information content (AvgIpc) is 3.00. The molecule has 1 fully saturated rings. The third-order valence-electron chi connectivity index (χ3n) is 3.87. The second-order valence-electron chi connectivity index (χ2n) is 5.34. The lowest BCUT2D eigenvalue weighted by molar-refractivity contribution is -0.137. The normalized spacial score (nSPS) is 20.4. The zero-order valence-corrected chi connectivity index (χ0v) is 12.5. The summed E-state index contributed by atoms with van der Waals surface area (Å²) in [4.78, 5) is 14.2. The third-order valence-corrected chi connectivity index (χ3v) is 3.87. The van der Waals surface area contributed by atoms with Crippen LogP contribution in [0.15, 0.2) is 18.5 Å². The summed E-state index contributed by atoms with van der Waals surface area (Å²) in [7, 11) is 0. The first-order valence-electron chi connectivity index (χ1n) is 7.21. The summed E-state index contributed by atoms with van der Waals surface area (Å²) in [5.41, 5.74) is 0. The van der Waals surface area contributed by atoms with Crippen molar-refractivity contribution in [1.29, 1.82) is 0 Å². The van der Waals surface area contributed by atoms with Crippen molar-refractivity contribution < 1.29 is 9.53 Å². The molecule has 1 N–H and O–H groups in total. The van der Waals surface area contributed by atoms with E-state index in [1.165, 1.54) is 0 Å². The molecule has 2 rings (SSSR count). The molecule has 1 aromatic rings. The molecule has 0 unspecified atom stereocenters. The highest BCUT2D eigenvalue weighted by Crippen LogP contribution is 2.10. The van der Waals surface area contributed by atoms with Crippen molar-refractivity contribution in [2.75, 3.05) is 26.3 Å². The summed E-state index contributed by atoms with van der Waals surface area (Å²) in [5.74, 6) is 0.146. The largest absolute Gasteiger partial charge is 0.378 e. The molecule has 0 aromatic carbocycles. The van der Waals surface area contributed by atoms with Crippen LogP contribution in [0.25, 0.3) is 0 Å². The molecule has 0 bridgehead atoms. The summed E-state index contributed by atoms with van der Waals surface area (Å²) < 4.78 is 7.18. The standard InChI is InChI=1S/C14H24N4O2/c1-11(13(3)18-6-4-5-15-18)16-12(2)14(19)17-7-9-20-10-8-17/h4-6,11-13,16H,7-10H2,1-3H3/t11-,12+,13-/m1/s1. The summed E-state index contributed by atoms with van der Waals surface area (Å²) >= 11 is 0. The van der Waals surface area contributed by atoms with Crippen LogP contribution in [0.4, 0.5) is 0 Å². The molecule has 0 saturated carbocycles. The molecule has 1 saturated heterocycles. The van der Waals surface area contributed by atoms with Crippen LogP contribution in [0.2, 0.25) is 0 Å². The van der Waals surface area contributed by atoms with E-state index in [-0.39, 0.29) is 24.0 Å². The fourth-order valence-electron chi connectivity index (χ4n) is 2.41. The van der Waals surface area contributed by atoms with Gasteiger partial charge in [0.05, 0.1) is 25.3 Å². The molecule has 1 amide bonds. The van der Waals surface area contributed by atoms with E-state index in [0.29, 0.717) is 26.3 Å². The van der Waals surface area contributed by atoms with Gasteiger partial charge in [0, 0.05) is 31.5 Å². The highest BCUT2D eigenvalue weighted by Gasteiger charge is 2.25. The van der Waals surface area contributed by atoms with E-state index in [1.54, 1.807) is 6.20 Å². The number of amides is 1. The van der Waals surface area contributed by atoms with Crippen LogP contribution in [0.5, 0.6) is 0 Å². The molecule has 1 aliphatic heterocycles. The van der Waals surface area contributed by atoms with Gasteiger partial charge in [-0.2, -0.15) is 5.10 Å². The summed E-state index contributed by atoms with van der Waals surface area (Å²) in [6.45, 7) is 8.74. The van der Waals surface area contributed by atoms with E-state index in [9.17, 15) is 4.79 Å². The van der Waals surface area contributed by atoms with Crippen LogP contribution in [0, 0.1) is 0 Å². The summed E-state index contributed by atoms with van der Waals surface area (Å²) in [6.07, 6.45) is 3.71. The Balaban J connectivity index is 1.86. The molecule has 6 heteroatoms. The van der Waals surface area contributed by atoms with Crippen molar-refractivity contribution in [2.24, 2.45) is 0 Å². The third kappa shape index (κ3) is 3.58. The molecule has 0 spiro atoms. The number of carbonyl (C=O) groups excluding carboxylic acids is 1. The highest BCUT2D eigenvalue weighted by molar-refractivity contribution is 5.81. The maximum atomic E-state index is 12.3. The first kappa shape index (κ1) is 15.0. The Morgan fingerprint density at radius 3 is 2.60 bits per heavy atom. The van der Waals surface area contributed by atoms with Gasteiger partial charge >= 0.3 is 0 Å². The minimum absolute atomic E-state index is 0.146. The van der Waals surface area contributed by atoms with E-state index in [0.717, 1.165) is 0 Å². The van der Waals surface area contributed by atoms with Crippen LogP contribution in [-0.2, 0) is 9.53 Å². The molecule has 6 nitrogen and oxygen atoms in total. The van der Waals surface area contributed by atoms with Gasteiger partial charge in [-0.15, -0.1) is 0 Å². The molecular weight excluding hydrogens is 256 g/mol. The van der Waals surface area contributed by atoms with Crippen molar-refractivity contribution in [2.45, 2.75) is 38.9 Å². The SMILES string of the molecule is C[C@H](N[C@H](C)[C@@H](C)n1cccn1)C(=O)N1CCOCC1. The number of ether oxygens (including phenoxy) is 1. The number of carbonyl (C=O) groups is 1. The number of aromatic nitrogens is 2. The van der Waals surface area contributed by atoms with Crippen molar-refractivity contribution in [1.82, 2.24) is 20.0 Å². The van der Waals surface area contributed by atoms with Gasteiger partial charge in [0.15, 0.2) is 0 Å². The summed E-state index contributed by atoms with van der Waals surface area (Å²) in [5, 5.41) is 7.62. The lowest BCUT2D eigenvalue weighted by Crippen LogP contribution is -2.52. The van der Waals surface area contributed by atoms with E-state index < -0.39 is 0 Å². The highest BCUT2D eigenvalue weighted by atomic mass is 16.5. The maximum Gasteiger partial charge on any atom is 0.239 e. The second-order valence-corrected chi connectivity index (χ2v) is 5.34. The number of hydrogen-bond acceptors (Lipinski definition) is 4. The van der Waals surface area contributed by atoms with Gasteiger partial charge in [-0.05, 0) is 26.8 Å². The number of morpholine rings is 1. The van der Waals surface area contributed by atoms with Crippen LogP contribution in [0.1, 0.15) is 26.8 Å². The van der Waals surface area contributed by atoms with Gasteiger partial charge in [0.1, 0.15) is 0 Å². The topological polar surface area (TPSA) is 59.4 Å². The summed E-state index contributed by atoms with van der Waals surface area (Å²) in [6, 6.07) is 2.08. The van der Waals surface area contributed by atoms with Gasteiger partial charge in [-0.1, -0.05) is 0 Å². The molecule has 3 atom stereocenters. The van der Waals surface area contributed by atoms with Gasteiger partial charge in [0.25, 0.3) is 0 Å². The first-order valence-corrected chi connectivity index (χ1v) is 7.21. The van der Waals surface area contributed by atoms with Crippen LogP contribution in [0.3, 0.4) is 0 Å². The monoisotopic (exact) mass is 280 g/mol. The average molecular weight is 280 g/mol. The minimum atomic E-state index is -0.193. The molecule has 112 valence electrons. The Labute approximate surface area is 120 Å². The number of rotatable bonds is 5. The maximum absolute atomic E-state index is 12.3. The smallest absolute Gasteiger partial charge is 0.239 e. The van der Waals surface area contributed by atoms with Gasteiger partial charge in [-0.25, -0.2) is 0 Å². The van der Waals surface area contributed by atoms with E-state index in [1.807, 2.05) is 28.8 Å². The predicted molar refractivity (Wildman–Crippen MR) is 76.4 cm³/mol. The zero-order chi connectivity index (χ0) is 14.5. The molecule has 2 heterocycles. The first-order chi connectivity index (χ1) is 9.59. The molecule has 1 aromatic heterocycles. The quantitative estimate of drug-likeness (QED) is 0.861. The van der Waals surface area contributed by atoms with Crippen LogP contribution < -0.4 is 5.32 Å². The predicted octanol–water partition coefficient (Wildman–Crippen LogP) is 0.670. The molecule has 1 aliphatic rings. The van der Waals surface area contributed by atoms with E-state index >= 15 is 0 Å². The Hall–Kier alpha value is -1.40. The van der Waals surface area contributed by atoms with Gasteiger partial charge < -0.3 is 15.0 Å². The minimum Gasteiger partial charge on any atom is -0.378 e. The van der Waals surface area contributed by atoms with Crippen LogP contribution >= 0.6 is 0 Å². The Kier molecular flexibility index (Phi) is 5.14. The fourth-order valence-corrected chi connectivity index (χ4v) is 2.41. The number of nitrogens with one attached hydrogen (secondary N) is 1. The van der Waals surface area contributed by atoms with Crippen molar-refractivity contribution >= 4 is 5.91 Å². The Bertz CT molecular complexity index is 415. The molecular formula is C14H24N4O2. The second kappa shape index (κ2) is 6.85. The van der Waals surface area contributed by atoms with Crippen molar-refractivity contribution in [3.63, 3.8) is 0 Å². The molecule has 0 aliphatic carbocycles. The lowest BCUT2D eigenvalue weighted by atomic mass is 10.1. The fraction of sp³-hybridized carbons (Fsp3) is 0.714. The molecule has 0 radical (unpaired) electrons. The zero-order valence-electron chi connectivity index (χ0n) is 12.5. The molecule has 20 heavy (non-hydrogen) atoms. The van der Waals surface area contributed by atoms with E-state index in [2.05, 4.69) is 24.3 Å². The van der Waals surface area contributed by atoms with Crippen molar-refractivity contribution in [3.05, 3.63) is 18.5 Å².